The number of ether oxygens (including phenoxy) is 12. The van der Waals surface area contributed by atoms with E-state index in [0.29, 0.717) is 68.1 Å². The summed E-state index contributed by atoms with van der Waals surface area (Å²) >= 11 is 0. The first-order valence-corrected chi connectivity index (χ1v) is 41.4. The second-order valence-electron chi connectivity index (χ2n) is 30.6. The molecule has 14 aromatic carbocycles. The number of rotatable bonds is 34. The lowest BCUT2D eigenvalue weighted by Gasteiger charge is -2.44. The molecular weight excluding hydrogens is 1540 g/mol. The summed E-state index contributed by atoms with van der Waals surface area (Å²) in [5.41, 5.74) is 11.7. The summed E-state index contributed by atoms with van der Waals surface area (Å²) in [6.45, 7) is 0.737. The smallest absolute Gasteiger partial charge is 0.494 e. The summed E-state index contributed by atoms with van der Waals surface area (Å²) in [7, 11) is -0.155. The molecule has 1 fully saturated rings. The van der Waals surface area contributed by atoms with Crippen molar-refractivity contribution in [3.8, 4) is 57.5 Å². The topological polar surface area (TPSA) is 167 Å². The number of carbonyl (C=O) groups excluding carboxylic acids is 2. The third-order valence-electron chi connectivity index (χ3n) is 21.7. The Balaban J connectivity index is 0.958. The van der Waals surface area contributed by atoms with Crippen LogP contribution in [0.1, 0.15) is 102 Å². The molecule has 14 aromatic rings. The fourth-order valence-corrected chi connectivity index (χ4v) is 15.5. The molecule has 5 atom stereocenters. The second kappa shape index (κ2) is 39.9. The van der Waals surface area contributed by atoms with Crippen LogP contribution in [0.2, 0.25) is 0 Å². The van der Waals surface area contributed by atoms with Gasteiger partial charge in [0.25, 0.3) is 0 Å². The van der Waals surface area contributed by atoms with Gasteiger partial charge in [0, 0.05) is 35.2 Å². The highest BCUT2D eigenvalue weighted by molar-refractivity contribution is 6.66. The maximum Gasteiger partial charge on any atom is 0.644 e. The van der Waals surface area contributed by atoms with E-state index in [-0.39, 0.29) is 108 Å². The molecule has 3 aliphatic rings. The third kappa shape index (κ3) is 20.7. The summed E-state index contributed by atoms with van der Waals surface area (Å²) in [6.07, 6.45) is -3.93. The monoisotopic (exact) mass is 1630 g/mol. The van der Waals surface area contributed by atoms with Crippen LogP contribution in [0.15, 0.2) is 352 Å². The average Bonchev–Trinajstić information content (AvgIpc) is 0.710. The van der Waals surface area contributed by atoms with E-state index >= 15 is 0 Å². The lowest BCUT2D eigenvalue weighted by molar-refractivity contribution is -0.145. The minimum Gasteiger partial charge on any atom is -0.494 e. The standard InChI is InChI=1S/C105H92BNO16/c1-107-61-95(108)122-106(123-96(109)62-107)100-93(117-70-80-46-26-9-27-47-80)60-92(116-69-79-44-24-8-25-45-79)98-99(105(119-72-82-50-30-11-31-51-82)102(121-104(98)100)84-53-55-87(111-64-74-34-14-3-15-35-74)90(57-84)114-67-77-40-20-6-21-41-77)97-91(115-68-78-42-22-7-23-43-78)59-88(112-65-75-36-16-4-17-37-75)85-58-94(118-71-81-48-28-10-29-49-81)101(120-103(85)97)83-52-54-86(110-63-73-32-12-2-13-33-73)89(56-83)113-66-76-38-18-5-19-39-76/h2-57,59-60,94,99,101-102,105H,58,61-72H2,1H3/t94-,99+,101+,102+,105-/m0/s1. The van der Waals surface area contributed by atoms with Gasteiger partial charge in [-0.2, -0.15) is 0 Å². The molecule has 0 bridgehead atoms. The molecule has 0 radical (unpaired) electrons. The van der Waals surface area contributed by atoms with E-state index in [1.54, 1.807) is 13.1 Å². The molecule has 0 unspecified atom stereocenters. The van der Waals surface area contributed by atoms with Gasteiger partial charge in [-0.15, -0.1) is 0 Å². The van der Waals surface area contributed by atoms with Crippen LogP contribution in [0.3, 0.4) is 0 Å². The number of hydrogen-bond acceptors (Lipinski definition) is 17. The molecule has 1 saturated heterocycles. The van der Waals surface area contributed by atoms with Gasteiger partial charge in [0.2, 0.25) is 0 Å². The van der Waals surface area contributed by atoms with Crippen molar-refractivity contribution in [1.29, 1.82) is 0 Å². The van der Waals surface area contributed by atoms with Crippen molar-refractivity contribution >= 4 is 24.5 Å². The van der Waals surface area contributed by atoms with Crippen molar-refractivity contribution in [2.24, 2.45) is 0 Å². The highest BCUT2D eigenvalue weighted by Crippen LogP contribution is 2.60. The molecule has 0 saturated carbocycles. The number of likely N-dealkylation sites (N-methyl/N-ethyl adjacent to an activating group) is 1. The van der Waals surface area contributed by atoms with E-state index in [0.717, 1.165) is 55.6 Å². The van der Waals surface area contributed by atoms with E-state index in [9.17, 15) is 9.59 Å². The molecule has 0 aromatic heterocycles. The normalized spacial score (nSPS) is 16.1. The van der Waals surface area contributed by atoms with E-state index in [1.165, 1.54) is 4.90 Å². The van der Waals surface area contributed by atoms with Crippen LogP contribution in [0, 0.1) is 0 Å². The quantitative estimate of drug-likeness (QED) is 0.0349. The third-order valence-corrected chi connectivity index (χ3v) is 21.7. The minimum atomic E-state index is -1.81. The molecule has 3 heterocycles. The molecule has 616 valence electrons. The summed E-state index contributed by atoms with van der Waals surface area (Å²) in [6, 6.07) is 115. The minimum absolute atomic E-state index is 0.0123. The first kappa shape index (κ1) is 81.3. The molecule has 0 amide bonds. The molecule has 3 aliphatic heterocycles. The zero-order valence-corrected chi connectivity index (χ0v) is 68.1. The molecule has 0 aliphatic carbocycles. The van der Waals surface area contributed by atoms with Gasteiger partial charge in [-0.05, 0) is 98.1 Å². The van der Waals surface area contributed by atoms with Gasteiger partial charge in [0.05, 0.1) is 37.7 Å². The van der Waals surface area contributed by atoms with Gasteiger partial charge < -0.3 is 66.2 Å². The average molecular weight is 1630 g/mol. The Kier molecular flexibility index (Phi) is 26.4. The van der Waals surface area contributed by atoms with Crippen molar-refractivity contribution < 1.29 is 75.7 Å². The molecule has 18 heteroatoms. The zero-order valence-electron chi connectivity index (χ0n) is 68.1. The lowest BCUT2D eigenvalue weighted by atomic mass is 9.70. The summed E-state index contributed by atoms with van der Waals surface area (Å²) in [5, 5.41) is 0. The fraction of sp³-hybridized carbons (Fsp3) is 0.181. The molecule has 17 rings (SSSR count). The van der Waals surface area contributed by atoms with E-state index in [4.69, 9.17) is 66.2 Å². The SMILES string of the molecule is CN1CC(=O)OB(c2c(OCc3ccccc3)cc(OCc3ccccc3)c3c2O[C@H](c2ccc(OCc4ccccc4)c(OCc4ccccc4)c2)[C@@H](OCc2ccccc2)[C@@H]3c2c(OCc3ccccc3)cc(OCc3ccccc3)c3c2O[C@H](c2ccc(OCc4ccccc4)c(OCc4ccccc4)c2)[C@@H](OCc2ccccc2)C3)OC(=O)C1. The number of carbonyl (C=O) groups is 2. The van der Waals surface area contributed by atoms with Crippen LogP contribution < -0.4 is 52.8 Å². The maximum atomic E-state index is 14.8. The van der Waals surface area contributed by atoms with Crippen molar-refractivity contribution in [1.82, 2.24) is 4.90 Å². The van der Waals surface area contributed by atoms with Gasteiger partial charge >= 0.3 is 19.1 Å². The highest BCUT2D eigenvalue weighted by Gasteiger charge is 2.53. The van der Waals surface area contributed by atoms with Crippen LogP contribution in [-0.2, 0) is 101 Å². The van der Waals surface area contributed by atoms with Crippen LogP contribution in [0.5, 0.6) is 57.5 Å². The Bertz CT molecular complexity index is 5780. The number of hydrogen-bond donors (Lipinski definition) is 0. The summed E-state index contributed by atoms with van der Waals surface area (Å²) in [5.74, 6) is 0.828. The van der Waals surface area contributed by atoms with Crippen LogP contribution >= 0.6 is 0 Å². The molecule has 0 N–H and O–H groups in total. The Morgan fingerprint density at radius 3 is 0.967 bits per heavy atom. The molecule has 0 spiro atoms. The Hall–Kier alpha value is -14.0. The molecule has 17 nitrogen and oxygen atoms in total. The summed E-state index contributed by atoms with van der Waals surface area (Å²) in [4.78, 5) is 31.1. The van der Waals surface area contributed by atoms with E-state index in [2.05, 4.69) is 0 Å². The van der Waals surface area contributed by atoms with Crippen LogP contribution in [0.4, 0.5) is 0 Å². The largest absolute Gasteiger partial charge is 0.644 e. The van der Waals surface area contributed by atoms with Gasteiger partial charge in [0.1, 0.15) is 99.6 Å². The molecule has 123 heavy (non-hydrogen) atoms. The molecular formula is C105H92BNO16. The van der Waals surface area contributed by atoms with Crippen molar-refractivity contribution in [3.05, 3.63) is 435 Å². The number of fused-ring (bicyclic) bond motifs is 2. The lowest BCUT2D eigenvalue weighted by Crippen LogP contribution is -2.50. The first-order chi connectivity index (χ1) is 60.7. The summed E-state index contributed by atoms with van der Waals surface area (Å²) < 4.78 is 102. The van der Waals surface area contributed by atoms with Crippen LogP contribution in [0.25, 0.3) is 0 Å². The van der Waals surface area contributed by atoms with E-state index in [1.807, 2.05) is 346 Å². The Morgan fingerprint density at radius 2 is 0.593 bits per heavy atom. The zero-order chi connectivity index (χ0) is 83.3. The fourth-order valence-electron chi connectivity index (χ4n) is 15.5. The van der Waals surface area contributed by atoms with Gasteiger partial charge in [-0.1, -0.05) is 315 Å². The van der Waals surface area contributed by atoms with Gasteiger partial charge in [-0.3, -0.25) is 14.5 Å². The van der Waals surface area contributed by atoms with Crippen molar-refractivity contribution in [2.45, 2.75) is 103 Å². The van der Waals surface area contributed by atoms with E-state index < -0.39 is 49.4 Å². The van der Waals surface area contributed by atoms with Gasteiger partial charge in [0.15, 0.2) is 35.2 Å². The van der Waals surface area contributed by atoms with Crippen molar-refractivity contribution in [3.63, 3.8) is 0 Å². The predicted octanol–water partition coefficient (Wildman–Crippen LogP) is 20.2. The first-order valence-electron chi connectivity index (χ1n) is 41.4. The van der Waals surface area contributed by atoms with Crippen LogP contribution in [-0.4, -0.2) is 56.3 Å². The number of benzene rings is 14. The Labute approximate surface area is 716 Å². The van der Waals surface area contributed by atoms with Gasteiger partial charge in [-0.25, -0.2) is 0 Å². The maximum absolute atomic E-state index is 14.8. The Morgan fingerprint density at radius 1 is 0.301 bits per heavy atom. The highest BCUT2D eigenvalue weighted by atomic mass is 16.6. The second-order valence-corrected chi connectivity index (χ2v) is 30.6. The number of nitrogens with zero attached hydrogens (tertiary/aromatic N) is 1. The van der Waals surface area contributed by atoms with Crippen molar-refractivity contribution in [2.75, 3.05) is 20.1 Å². The predicted molar refractivity (Wildman–Crippen MR) is 469 cm³/mol.